The Bertz CT molecular complexity index is 402. The van der Waals surface area contributed by atoms with Gasteiger partial charge in [0, 0.05) is 6.42 Å². The van der Waals surface area contributed by atoms with Gasteiger partial charge in [-0.1, -0.05) is 50.9 Å². The average Bonchev–Trinajstić information content (AvgIpc) is 3.24. The molecular formula is C17H25ClO3. The molecule has 118 valence electrons. The number of hydrogen-bond donors (Lipinski definition) is 2. The fraction of sp³-hybridized carbons (Fsp3) is 0.765. The van der Waals surface area contributed by atoms with E-state index < -0.39 is 12.2 Å². The summed E-state index contributed by atoms with van der Waals surface area (Å²) >= 11 is 5.39. The third-order valence-electron chi connectivity index (χ3n) is 3.48. The number of ether oxygens (including phenoxy) is 1. The summed E-state index contributed by atoms with van der Waals surface area (Å²) in [6, 6.07) is 0. The summed E-state index contributed by atoms with van der Waals surface area (Å²) in [6.45, 7) is 2.22. The van der Waals surface area contributed by atoms with E-state index in [2.05, 4.69) is 30.6 Å². The number of rotatable bonds is 9. The van der Waals surface area contributed by atoms with E-state index in [-0.39, 0.29) is 12.0 Å². The van der Waals surface area contributed by atoms with Gasteiger partial charge in [-0.3, -0.25) is 0 Å². The van der Waals surface area contributed by atoms with E-state index in [0.29, 0.717) is 12.5 Å². The van der Waals surface area contributed by atoms with Crippen molar-refractivity contribution in [1.29, 1.82) is 0 Å². The van der Waals surface area contributed by atoms with E-state index in [1.807, 2.05) is 0 Å². The smallest absolute Gasteiger partial charge is 0.142 e. The molecule has 1 aliphatic rings. The minimum atomic E-state index is -1.13. The van der Waals surface area contributed by atoms with Gasteiger partial charge >= 0.3 is 0 Å². The zero-order valence-electron chi connectivity index (χ0n) is 12.6. The van der Waals surface area contributed by atoms with Crippen LogP contribution in [-0.4, -0.2) is 40.5 Å². The van der Waals surface area contributed by atoms with Gasteiger partial charge in [-0.2, -0.15) is 0 Å². The normalized spacial score (nSPS) is 22.5. The highest BCUT2D eigenvalue weighted by molar-refractivity contribution is 6.18. The average molecular weight is 313 g/mol. The number of epoxide rings is 1. The van der Waals surface area contributed by atoms with Crippen LogP contribution in [0.4, 0.5) is 0 Å². The van der Waals surface area contributed by atoms with Crippen LogP contribution in [0.25, 0.3) is 0 Å². The highest BCUT2D eigenvalue weighted by Gasteiger charge is 2.36. The molecule has 4 atom stereocenters. The first-order chi connectivity index (χ1) is 10.2. The SMILES string of the molecule is CCCCCCC[C@H]1O[C@H]1CC#CC#C[C@H](O)[C@H](O)CCl. The maximum absolute atomic E-state index is 9.34. The Labute approximate surface area is 133 Å². The molecule has 4 heteroatoms. The van der Waals surface area contributed by atoms with Gasteiger partial charge in [-0.15, -0.1) is 11.6 Å². The zero-order valence-corrected chi connectivity index (χ0v) is 13.4. The summed E-state index contributed by atoms with van der Waals surface area (Å²) in [5.41, 5.74) is 0. The van der Waals surface area contributed by atoms with Crippen LogP contribution >= 0.6 is 11.6 Å². The van der Waals surface area contributed by atoms with Gasteiger partial charge in [-0.05, 0) is 18.3 Å². The molecule has 0 amide bonds. The number of aliphatic hydroxyl groups is 2. The lowest BCUT2D eigenvalue weighted by atomic mass is 10.1. The van der Waals surface area contributed by atoms with Gasteiger partial charge in [0.1, 0.15) is 12.2 Å². The van der Waals surface area contributed by atoms with Crippen molar-refractivity contribution in [3.8, 4) is 23.7 Å². The van der Waals surface area contributed by atoms with Crippen molar-refractivity contribution in [3.63, 3.8) is 0 Å². The van der Waals surface area contributed by atoms with Crippen LogP contribution in [-0.2, 0) is 4.74 Å². The predicted molar refractivity (Wildman–Crippen MR) is 84.9 cm³/mol. The summed E-state index contributed by atoms with van der Waals surface area (Å²) < 4.78 is 5.55. The molecule has 3 nitrogen and oxygen atoms in total. The molecule has 0 radical (unpaired) electrons. The fourth-order valence-electron chi connectivity index (χ4n) is 2.05. The lowest BCUT2D eigenvalue weighted by Crippen LogP contribution is -2.25. The second kappa shape index (κ2) is 10.9. The van der Waals surface area contributed by atoms with E-state index in [9.17, 15) is 10.2 Å². The highest BCUT2D eigenvalue weighted by atomic mass is 35.5. The molecule has 1 aliphatic heterocycles. The largest absolute Gasteiger partial charge is 0.388 e. The second-order valence-electron chi connectivity index (χ2n) is 5.36. The van der Waals surface area contributed by atoms with Crippen LogP contribution in [0.2, 0.25) is 0 Å². The van der Waals surface area contributed by atoms with E-state index in [0.717, 1.165) is 6.42 Å². The zero-order chi connectivity index (χ0) is 15.5. The van der Waals surface area contributed by atoms with Gasteiger partial charge in [0.2, 0.25) is 0 Å². The van der Waals surface area contributed by atoms with Crippen molar-refractivity contribution in [2.24, 2.45) is 0 Å². The number of halogens is 1. The Kier molecular flexibility index (Phi) is 9.55. The monoisotopic (exact) mass is 312 g/mol. The summed E-state index contributed by atoms with van der Waals surface area (Å²) in [6.07, 6.45) is 6.72. The molecule has 0 saturated carbocycles. The molecule has 1 fully saturated rings. The number of hydrogen-bond acceptors (Lipinski definition) is 3. The van der Waals surface area contributed by atoms with Crippen molar-refractivity contribution in [2.45, 2.75) is 76.3 Å². The molecule has 1 saturated heterocycles. The Morgan fingerprint density at radius 2 is 1.86 bits per heavy atom. The van der Waals surface area contributed by atoms with Gasteiger partial charge in [0.05, 0.1) is 18.1 Å². The van der Waals surface area contributed by atoms with Crippen molar-refractivity contribution in [3.05, 3.63) is 0 Å². The fourth-order valence-corrected chi connectivity index (χ4v) is 2.22. The number of aliphatic hydroxyl groups excluding tert-OH is 2. The summed E-state index contributed by atoms with van der Waals surface area (Å²) in [5, 5.41) is 18.5. The molecule has 0 unspecified atom stereocenters. The molecule has 0 aromatic carbocycles. The molecule has 1 heterocycles. The Hall–Kier alpha value is -0.710. The minimum absolute atomic E-state index is 0.0425. The first-order valence-electron chi connectivity index (χ1n) is 7.75. The topological polar surface area (TPSA) is 53.0 Å². The maximum atomic E-state index is 9.34. The third-order valence-corrected chi connectivity index (χ3v) is 3.79. The molecule has 0 aromatic heterocycles. The van der Waals surface area contributed by atoms with Crippen LogP contribution in [0.5, 0.6) is 0 Å². The molecule has 0 aromatic rings. The van der Waals surface area contributed by atoms with Gasteiger partial charge in [0.15, 0.2) is 0 Å². The van der Waals surface area contributed by atoms with E-state index in [1.54, 1.807) is 0 Å². The van der Waals surface area contributed by atoms with Crippen molar-refractivity contribution in [2.75, 3.05) is 5.88 Å². The van der Waals surface area contributed by atoms with Gasteiger partial charge < -0.3 is 14.9 Å². The van der Waals surface area contributed by atoms with Crippen LogP contribution in [0, 0.1) is 23.7 Å². The lowest BCUT2D eigenvalue weighted by Gasteiger charge is -2.06. The van der Waals surface area contributed by atoms with E-state index >= 15 is 0 Å². The molecule has 0 bridgehead atoms. The van der Waals surface area contributed by atoms with E-state index in [4.69, 9.17) is 16.3 Å². The maximum Gasteiger partial charge on any atom is 0.142 e. The summed E-state index contributed by atoms with van der Waals surface area (Å²) in [4.78, 5) is 0. The molecule has 1 rings (SSSR count). The number of alkyl halides is 1. The van der Waals surface area contributed by atoms with Crippen LogP contribution in [0.3, 0.4) is 0 Å². The second-order valence-corrected chi connectivity index (χ2v) is 5.67. The molecule has 21 heavy (non-hydrogen) atoms. The first kappa shape index (κ1) is 18.3. The minimum Gasteiger partial charge on any atom is -0.388 e. The van der Waals surface area contributed by atoms with Crippen LogP contribution in [0.1, 0.15) is 51.9 Å². The predicted octanol–water partition coefficient (Wildman–Crippen LogP) is 2.47. The van der Waals surface area contributed by atoms with Crippen molar-refractivity contribution < 1.29 is 14.9 Å². The summed E-state index contributed by atoms with van der Waals surface area (Å²) in [7, 11) is 0. The molecule has 0 aliphatic carbocycles. The highest BCUT2D eigenvalue weighted by Crippen LogP contribution is 2.29. The quantitative estimate of drug-likeness (QED) is 0.298. The first-order valence-corrected chi connectivity index (χ1v) is 8.28. The standard InChI is InChI=1S/C17H25ClO3/c1-2-3-4-5-8-11-16-17(21-16)12-9-6-7-10-14(19)15(20)13-18/h14-17,19-20H,2-5,8,11-13H2,1H3/t14-,15+,16+,17-/m0/s1. The van der Waals surface area contributed by atoms with Gasteiger partial charge in [0.25, 0.3) is 0 Å². The number of unbranched alkanes of at least 4 members (excludes halogenated alkanes) is 4. The Balaban J connectivity index is 2.08. The van der Waals surface area contributed by atoms with Gasteiger partial charge in [-0.25, -0.2) is 0 Å². The van der Waals surface area contributed by atoms with Crippen LogP contribution < -0.4 is 0 Å². The van der Waals surface area contributed by atoms with Crippen molar-refractivity contribution >= 4 is 11.6 Å². The summed E-state index contributed by atoms with van der Waals surface area (Å²) in [5.74, 6) is 10.5. The molecular weight excluding hydrogens is 288 g/mol. The molecule has 0 spiro atoms. The van der Waals surface area contributed by atoms with Crippen LogP contribution in [0.15, 0.2) is 0 Å². The Morgan fingerprint density at radius 3 is 2.57 bits per heavy atom. The lowest BCUT2D eigenvalue weighted by molar-refractivity contribution is 0.0701. The van der Waals surface area contributed by atoms with E-state index in [1.165, 1.54) is 32.1 Å². The molecule has 2 N–H and O–H groups in total. The third kappa shape index (κ3) is 8.34. The Morgan fingerprint density at radius 1 is 1.10 bits per heavy atom. The van der Waals surface area contributed by atoms with Crippen molar-refractivity contribution in [1.82, 2.24) is 0 Å².